The summed E-state index contributed by atoms with van der Waals surface area (Å²) in [6.45, 7) is 5.13. The van der Waals surface area contributed by atoms with E-state index in [-0.39, 0.29) is 5.78 Å². The fourth-order valence-corrected chi connectivity index (χ4v) is 3.13. The Morgan fingerprint density at radius 2 is 1.19 bits per heavy atom. The van der Waals surface area contributed by atoms with Crippen LogP contribution in [0.1, 0.15) is 37.8 Å². The predicted octanol–water partition coefficient (Wildman–Crippen LogP) is 5.31. The first-order valence-electron chi connectivity index (χ1n) is 9.12. The van der Waals surface area contributed by atoms with Gasteiger partial charge in [-0.2, -0.15) is 0 Å². The van der Waals surface area contributed by atoms with Gasteiger partial charge in [-0.3, -0.25) is 4.79 Å². The molecule has 3 rings (SSSR count). The molecule has 0 saturated heterocycles. The number of hydrogen-bond acceptors (Lipinski definition) is 3. The molecule has 3 heteroatoms. The second kappa shape index (κ2) is 8.52. The first kappa shape index (κ1) is 18.0. The van der Waals surface area contributed by atoms with E-state index >= 15 is 0 Å². The van der Waals surface area contributed by atoms with Gasteiger partial charge in [-0.05, 0) is 51.0 Å². The summed E-state index contributed by atoms with van der Waals surface area (Å²) in [6.07, 6.45) is 5.43. The van der Waals surface area contributed by atoms with Gasteiger partial charge in [0, 0.05) is 22.3 Å². The van der Waals surface area contributed by atoms with Crippen molar-refractivity contribution in [2.75, 3.05) is 13.2 Å². The second-order valence-electron chi connectivity index (χ2n) is 6.11. The van der Waals surface area contributed by atoms with Crippen molar-refractivity contribution < 1.29 is 14.3 Å². The van der Waals surface area contributed by atoms with Gasteiger partial charge in [-0.1, -0.05) is 36.4 Å². The Bertz CT molecular complexity index is 777. The summed E-state index contributed by atoms with van der Waals surface area (Å²) in [7, 11) is 0. The summed E-state index contributed by atoms with van der Waals surface area (Å²) >= 11 is 0. The third kappa shape index (κ3) is 4.05. The molecule has 0 amide bonds. The molecule has 0 N–H and O–H groups in total. The molecule has 0 radical (unpaired) electrons. The summed E-state index contributed by atoms with van der Waals surface area (Å²) < 4.78 is 11.3. The Hall–Kier alpha value is -2.81. The van der Waals surface area contributed by atoms with Gasteiger partial charge >= 0.3 is 0 Å². The van der Waals surface area contributed by atoms with Crippen molar-refractivity contribution in [2.45, 2.75) is 26.7 Å². The van der Waals surface area contributed by atoms with E-state index in [0.717, 1.165) is 46.6 Å². The van der Waals surface area contributed by atoms with Crippen LogP contribution in [-0.2, 0) is 4.79 Å². The van der Waals surface area contributed by atoms with Crippen LogP contribution < -0.4 is 9.47 Å². The van der Waals surface area contributed by atoms with E-state index in [1.165, 1.54) is 0 Å². The highest BCUT2D eigenvalue weighted by Crippen LogP contribution is 2.32. The molecule has 0 aromatic heterocycles. The van der Waals surface area contributed by atoms with E-state index in [4.69, 9.17) is 9.47 Å². The summed E-state index contributed by atoms with van der Waals surface area (Å²) in [5.74, 6) is 1.74. The van der Waals surface area contributed by atoms with E-state index in [9.17, 15) is 4.79 Å². The van der Waals surface area contributed by atoms with Gasteiger partial charge in [0.2, 0.25) is 0 Å². The molecule has 0 heterocycles. The van der Waals surface area contributed by atoms with E-state index < -0.39 is 0 Å². The Kier molecular flexibility index (Phi) is 5.90. The van der Waals surface area contributed by atoms with Gasteiger partial charge in [-0.25, -0.2) is 0 Å². The molecule has 1 fully saturated rings. The van der Waals surface area contributed by atoms with Gasteiger partial charge < -0.3 is 9.47 Å². The molecule has 26 heavy (non-hydrogen) atoms. The third-order valence-electron chi connectivity index (χ3n) is 4.34. The van der Waals surface area contributed by atoms with Crippen molar-refractivity contribution in [3.63, 3.8) is 0 Å². The molecular weight excluding hydrogens is 324 g/mol. The van der Waals surface area contributed by atoms with Crippen molar-refractivity contribution in [1.29, 1.82) is 0 Å². The maximum atomic E-state index is 12.8. The standard InChI is InChI=1S/C23H24O3/c1-3-25-21-11-7-5-9-17(21)15-19-13-14-20(23(19)24)16-18-10-6-8-12-22(18)26-4-2/h5-12,15-16H,3-4,13-14H2,1-2H3/b19-15-,20-16+. The predicted molar refractivity (Wildman–Crippen MR) is 105 cm³/mol. The molecule has 3 nitrogen and oxygen atoms in total. The molecule has 0 spiro atoms. The average Bonchev–Trinajstić information content (AvgIpc) is 2.99. The minimum absolute atomic E-state index is 0.114. The largest absolute Gasteiger partial charge is 0.493 e. The number of carbonyl (C=O) groups excluding carboxylic acids is 1. The lowest BCUT2D eigenvalue weighted by molar-refractivity contribution is -0.111. The smallest absolute Gasteiger partial charge is 0.185 e. The van der Waals surface area contributed by atoms with Crippen molar-refractivity contribution in [2.24, 2.45) is 0 Å². The molecule has 2 aromatic rings. The number of para-hydroxylation sites is 2. The van der Waals surface area contributed by atoms with Crippen molar-refractivity contribution >= 4 is 17.9 Å². The van der Waals surface area contributed by atoms with Gasteiger partial charge in [0.15, 0.2) is 5.78 Å². The lowest BCUT2D eigenvalue weighted by Gasteiger charge is -2.07. The van der Waals surface area contributed by atoms with Crippen molar-refractivity contribution in [3.8, 4) is 11.5 Å². The summed E-state index contributed by atoms with van der Waals surface area (Å²) in [4.78, 5) is 12.8. The van der Waals surface area contributed by atoms with Crippen LogP contribution in [0.4, 0.5) is 0 Å². The third-order valence-corrected chi connectivity index (χ3v) is 4.34. The molecule has 0 atom stereocenters. The fourth-order valence-electron chi connectivity index (χ4n) is 3.13. The summed E-state index contributed by atoms with van der Waals surface area (Å²) in [5.41, 5.74) is 3.57. The van der Waals surface area contributed by atoms with Crippen LogP contribution in [0.15, 0.2) is 59.7 Å². The molecule has 0 bridgehead atoms. The minimum Gasteiger partial charge on any atom is -0.493 e. The molecule has 134 valence electrons. The zero-order valence-electron chi connectivity index (χ0n) is 15.3. The van der Waals surface area contributed by atoms with Crippen LogP contribution in [0, 0.1) is 0 Å². The maximum Gasteiger partial charge on any atom is 0.185 e. The lowest BCUT2D eigenvalue weighted by Crippen LogP contribution is -1.98. The zero-order valence-corrected chi connectivity index (χ0v) is 15.3. The highest BCUT2D eigenvalue weighted by atomic mass is 16.5. The highest BCUT2D eigenvalue weighted by Gasteiger charge is 2.23. The van der Waals surface area contributed by atoms with Gasteiger partial charge in [0.1, 0.15) is 11.5 Å². The quantitative estimate of drug-likeness (QED) is 0.663. The Balaban J connectivity index is 1.87. The number of allylic oxidation sites excluding steroid dienone is 2. The summed E-state index contributed by atoms with van der Waals surface area (Å²) in [6, 6.07) is 15.6. The molecule has 1 aliphatic carbocycles. The highest BCUT2D eigenvalue weighted by molar-refractivity contribution is 6.15. The molecule has 0 unspecified atom stereocenters. The molecule has 1 saturated carbocycles. The monoisotopic (exact) mass is 348 g/mol. The summed E-state index contributed by atoms with van der Waals surface area (Å²) in [5, 5.41) is 0. The second-order valence-corrected chi connectivity index (χ2v) is 6.11. The number of carbonyl (C=O) groups is 1. The van der Waals surface area contributed by atoms with Gasteiger partial charge in [-0.15, -0.1) is 0 Å². The Morgan fingerprint density at radius 3 is 1.62 bits per heavy atom. The van der Waals surface area contributed by atoms with E-state index in [2.05, 4.69) is 0 Å². The van der Waals surface area contributed by atoms with Crippen molar-refractivity contribution in [1.82, 2.24) is 0 Å². The Labute approximate surface area is 155 Å². The first-order chi connectivity index (χ1) is 12.7. The number of ketones is 1. The SMILES string of the molecule is CCOc1ccccc1/C=C1/CC/C(=C\c2ccccc2OCC)C1=O. The van der Waals surface area contributed by atoms with E-state index in [1.807, 2.05) is 74.5 Å². The maximum absolute atomic E-state index is 12.8. The topological polar surface area (TPSA) is 35.5 Å². The number of ether oxygens (including phenoxy) is 2. The fraction of sp³-hybridized carbons (Fsp3) is 0.261. The van der Waals surface area contributed by atoms with Crippen LogP contribution in [-0.4, -0.2) is 19.0 Å². The number of hydrogen-bond donors (Lipinski definition) is 0. The van der Waals surface area contributed by atoms with E-state index in [0.29, 0.717) is 13.2 Å². The van der Waals surface area contributed by atoms with Crippen molar-refractivity contribution in [3.05, 3.63) is 70.8 Å². The number of Topliss-reactive ketones (excluding diaryl/α,β-unsaturated/α-hetero) is 1. The molecule has 0 aliphatic heterocycles. The zero-order chi connectivity index (χ0) is 18.4. The van der Waals surface area contributed by atoms with Crippen LogP contribution in [0.5, 0.6) is 11.5 Å². The first-order valence-corrected chi connectivity index (χ1v) is 9.12. The molecular formula is C23H24O3. The van der Waals surface area contributed by atoms with Crippen LogP contribution in [0.3, 0.4) is 0 Å². The minimum atomic E-state index is 0.114. The lowest BCUT2D eigenvalue weighted by atomic mass is 10.1. The van der Waals surface area contributed by atoms with Crippen LogP contribution in [0.2, 0.25) is 0 Å². The van der Waals surface area contributed by atoms with Crippen LogP contribution in [0.25, 0.3) is 12.2 Å². The Morgan fingerprint density at radius 1 is 0.769 bits per heavy atom. The average molecular weight is 348 g/mol. The number of benzene rings is 2. The normalized spacial score (nSPS) is 17.1. The van der Waals surface area contributed by atoms with Gasteiger partial charge in [0.25, 0.3) is 0 Å². The molecule has 2 aromatic carbocycles. The van der Waals surface area contributed by atoms with Crippen LogP contribution >= 0.6 is 0 Å². The number of rotatable bonds is 6. The molecule has 1 aliphatic rings. The van der Waals surface area contributed by atoms with Gasteiger partial charge in [0.05, 0.1) is 13.2 Å². The van der Waals surface area contributed by atoms with E-state index in [1.54, 1.807) is 0 Å².